The van der Waals surface area contributed by atoms with Gasteiger partial charge in [0, 0.05) is 57.6 Å². The highest BCUT2D eigenvalue weighted by Crippen LogP contribution is 2.33. The molecule has 0 spiro atoms. The third-order valence-electron chi connectivity index (χ3n) is 6.76. The molecule has 3 fully saturated rings. The number of carbonyl (C=O) groups is 1. The lowest BCUT2D eigenvalue weighted by Crippen LogP contribution is -2.39. The van der Waals surface area contributed by atoms with Gasteiger partial charge < -0.3 is 19.4 Å². The fraction of sp³-hybridized carbons (Fsp3) is 0.636. The third kappa shape index (κ3) is 4.29. The van der Waals surface area contributed by atoms with E-state index in [1.165, 1.54) is 0 Å². The third-order valence-corrected chi connectivity index (χ3v) is 6.76. The summed E-state index contributed by atoms with van der Waals surface area (Å²) in [7, 11) is 0. The molecule has 5 heterocycles. The Labute approximate surface area is 183 Å². The molecular weight excluding hydrogens is 394 g/mol. The summed E-state index contributed by atoms with van der Waals surface area (Å²) in [6, 6.07) is 4.11. The molecule has 1 amide bonds. The van der Waals surface area contributed by atoms with Gasteiger partial charge in [-0.1, -0.05) is 0 Å². The lowest BCUT2D eigenvalue weighted by Gasteiger charge is -2.25. The van der Waals surface area contributed by atoms with E-state index in [4.69, 9.17) is 4.74 Å². The number of nitrogens with zero attached hydrogens (tertiary/aromatic N) is 7. The molecule has 31 heavy (non-hydrogen) atoms. The summed E-state index contributed by atoms with van der Waals surface area (Å²) < 4.78 is 7.31. The van der Waals surface area contributed by atoms with Crippen LogP contribution in [0.5, 0.6) is 0 Å². The molecule has 0 aliphatic carbocycles. The van der Waals surface area contributed by atoms with Crippen LogP contribution < -0.4 is 4.90 Å². The first-order valence-electron chi connectivity index (χ1n) is 11.3. The molecule has 3 aliphatic heterocycles. The van der Waals surface area contributed by atoms with Gasteiger partial charge in [0.15, 0.2) is 5.82 Å². The van der Waals surface area contributed by atoms with E-state index >= 15 is 0 Å². The maximum Gasteiger partial charge on any atom is 0.225 e. The summed E-state index contributed by atoms with van der Waals surface area (Å²) >= 11 is 0. The normalized spacial score (nSPS) is 24.6. The van der Waals surface area contributed by atoms with Crippen LogP contribution in [0.3, 0.4) is 0 Å². The van der Waals surface area contributed by atoms with E-state index in [0.717, 1.165) is 68.8 Å². The van der Waals surface area contributed by atoms with Crippen LogP contribution in [0.4, 0.5) is 5.82 Å². The Hall–Kier alpha value is -2.52. The van der Waals surface area contributed by atoms with Crippen molar-refractivity contribution in [2.45, 2.75) is 20.3 Å². The van der Waals surface area contributed by atoms with Gasteiger partial charge in [-0.2, -0.15) is 5.10 Å². The van der Waals surface area contributed by atoms with Crippen molar-refractivity contribution >= 4 is 11.7 Å². The fourth-order valence-corrected chi connectivity index (χ4v) is 5.16. The van der Waals surface area contributed by atoms with Crippen LogP contribution in [0.15, 0.2) is 18.5 Å². The van der Waals surface area contributed by atoms with E-state index in [1.807, 2.05) is 29.5 Å². The van der Waals surface area contributed by atoms with Gasteiger partial charge in [-0.3, -0.25) is 4.79 Å². The number of aromatic nitrogens is 4. The van der Waals surface area contributed by atoms with E-state index in [1.54, 1.807) is 6.33 Å². The van der Waals surface area contributed by atoms with E-state index < -0.39 is 0 Å². The minimum absolute atomic E-state index is 0.227. The zero-order chi connectivity index (χ0) is 21.4. The number of amides is 1. The molecule has 2 unspecified atom stereocenters. The Morgan fingerprint density at radius 1 is 1.00 bits per heavy atom. The highest BCUT2D eigenvalue weighted by atomic mass is 16.5. The maximum absolute atomic E-state index is 12.2. The summed E-state index contributed by atoms with van der Waals surface area (Å²) in [5.41, 5.74) is 2.06. The molecule has 3 saturated heterocycles. The van der Waals surface area contributed by atoms with E-state index in [0.29, 0.717) is 31.5 Å². The Kier molecular flexibility index (Phi) is 5.62. The van der Waals surface area contributed by atoms with Crippen molar-refractivity contribution in [3.63, 3.8) is 0 Å². The van der Waals surface area contributed by atoms with Crippen LogP contribution in [-0.2, 0) is 9.53 Å². The number of anilines is 1. The summed E-state index contributed by atoms with van der Waals surface area (Å²) in [4.78, 5) is 28.0. The molecule has 0 radical (unpaired) electrons. The summed E-state index contributed by atoms with van der Waals surface area (Å²) in [5.74, 6) is 3.32. The number of aryl methyl sites for hydroxylation is 2. The Bertz CT molecular complexity index is 932. The van der Waals surface area contributed by atoms with Gasteiger partial charge in [0.2, 0.25) is 5.91 Å². The second kappa shape index (κ2) is 8.55. The van der Waals surface area contributed by atoms with Crippen molar-refractivity contribution in [3.05, 3.63) is 29.8 Å². The van der Waals surface area contributed by atoms with Gasteiger partial charge in [-0.05, 0) is 31.7 Å². The molecule has 0 aromatic carbocycles. The second-order valence-corrected chi connectivity index (χ2v) is 9.00. The number of fused-ring (bicyclic) bond motifs is 1. The van der Waals surface area contributed by atoms with Crippen molar-refractivity contribution in [1.82, 2.24) is 29.5 Å². The van der Waals surface area contributed by atoms with E-state index in [-0.39, 0.29) is 5.91 Å². The van der Waals surface area contributed by atoms with Crippen molar-refractivity contribution in [2.75, 3.05) is 63.9 Å². The van der Waals surface area contributed by atoms with Gasteiger partial charge in [0.25, 0.3) is 0 Å². The van der Waals surface area contributed by atoms with Crippen LogP contribution in [-0.4, -0.2) is 94.5 Å². The Balaban J connectivity index is 1.17. The van der Waals surface area contributed by atoms with E-state index in [9.17, 15) is 4.79 Å². The predicted molar refractivity (Wildman–Crippen MR) is 116 cm³/mol. The molecule has 9 heteroatoms. The number of hydrogen-bond acceptors (Lipinski definition) is 7. The molecule has 0 N–H and O–H groups in total. The summed E-state index contributed by atoms with van der Waals surface area (Å²) in [6.45, 7) is 12.0. The Morgan fingerprint density at radius 2 is 1.77 bits per heavy atom. The number of likely N-dealkylation sites (tertiary alicyclic amines) is 1. The molecule has 166 valence electrons. The minimum Gasteiger partial charge on any atom is -0.379 e. The van der Waals surface area contributed by atoms with Gasteiger partial charge in [0.05, 0.1) is 25.3 Å². The lowest BCUT2D eigenvalue weighted by molar-refractivity contribution is -0.130. The minimum atomic E-state index is 0.227. The van der Waals surface area contributed by atoms with Crippen LogP contribution in [0.1, 0.15) is 17.8 Å². The zero-order valence-corrected chi connectivity index (χ0v) is 18.4. The van der Waals surface area contributed by atoms with Gasteiger partial charge >= 0.3 is 0 Å². The molecule has 9 nitrogen and oxygen atoms in total. The molecule has 2 aromatic heterocycles. The fourth-order valence-electron chi connectivity index (χ4n) is 5.16. The lowest BCUT2D eigenvalue weighted by atomic mass is 10.0. The molecule has 2 aromatic rings. The summed E-state index contributed by atoms with van der Waals surface area (Å²) in [5, 5.41) is 4.55. The maximum atomic E-state index is 12.2. The average molecular weight is 426 g/mol. The number of ether oxygens (including phenoxy) is 1. The first-order chi connectivity index (χ1) is 15.1. The van der Waals surface area contributed by atoms with Crippen molar-refractivity contribution < 1.29 is 9.53 Å². The molecular formula is C22H31N7O2. The predicted octanol–water partition coefficient (Wildman–Crippen LogP) is 0.896. The molecule has 3 aliphatic rings. The van der Waals surface area contributed by atoms with Gasteiger partial charge in [0.1, 0.15) is 12.1 Å². The van der Waals surface area contributed by atoms with Crippen LogP contribution in [0.25, 0.3) is 5.82 Å². The van der Waals surface area contributed by atoms with E-state index in [2.05, 4.69) is 30.9 Å². The van der Waals surface area contributed by atoms with Crippen LogP contribution >= 0.6 is 0 Å². The first-order valence-corrected chi connectivity index (χ1v) is 11.3. The number of hydrogen-bond donors (Lipinski definition) is 0. The standard InChI is InChI=1S/C22H31N7O2/c1-16-9-17(2)29(25-16)21-10-20(23-15-24-21)28-13-18-11-26(12-19(18)14-28)4-5-27-6-8-31-7-3-22(27)30/h9-10,15,18-19H,3-8,11-14H2,1-2H3. The average Bonchev–Trinajstić information content (AvgIpc) is 3.37. The van der Waals surface area contributed by atoms with Crippen molar-refractivity contribution in [1.29, 1.82) is 0 Å². The Morgan fingerprint density at radius 3 is 2.52 bits per heavy atom. The zero-order valence-electron chi connectivity index (χ0n) is 18.4. The quantitative estimate of drug-likeness (QED) is 0.704. The van der Waals surface area contributed by atoms with Crippen molar-refractivity contribution in [2.24, 2.45) is 11.8 Å². The van der Waals surface area contributed by atoms with Crippen LogP contribution in [0.2, 0.25) is 0 Å². The number of carbonyl (C=O) groups excluding carboxylic acids is 1. The van der Waals surface area contributed by atoms with Crippen molar-refractivity contribution in [3.8, 4) is 5.82 Å². The van der Waals surface area contributed by atoms with Crippen LogP contribution in [0, 0.1) is 25.7 Å². The topological polar surface area (TPSA) is 79.6 Å². The second-order valence-electron chi connectivity index (χ2n) is 9.00. The summed E-state index contributed by atoms with van der Waals surface area (Å²) in [6.07, 6.45) is 2.15. The first kappa shape index (κ1) is 20.4. The highest BCUT2D eigenvalue weighted by Gasteiger charge is 2.40. The molecule has 0 saturated carbocycles. The largest absolute Gasteiger partial charge is 0.379 e. The molecule has 0 bridgehead atoms. The number of rotatable bonds is 5. The van der Waals surface area contributed by atoms with Gasteiger partial charge in [-0.15, -0.1) is 0 Å². The molecule has 2 atom stereocenters. The smallest absolute Gasteiger partial charge is 0.225 e. The highest BCUT2D eigenvalue weighted by molar-refractivity contribution is 5.76. The monoisotopic (exact) mass is 425 g/mol. The molecule has 5 rings (SSSR count). The SMILES string of the molecule is Cc1cc(C)n(-c2cc(N3CC4CN(CCN5CCOCCC5=O)CC4C3)ncn2)n1. The van der Waals surface area contributed by atoms with Gasteiger partial charge in [-0.25, -0.2) is 14.6 Å².